The lowest BCUT2D eigenvalue weighted by atomic mass is 10.2. The van der Waals surface area contributed by atoms with E-state index in [9.17, 15) is 9.59 Å². The largest absolute Gasteiger partial charge is 0.450 e. The van der Waals surface area contributed by atoms with Crippen LogP contribution in [0.25, 0.3) is 0 Å². The molecule has 0 aliphatic carbocycles. The zero-order valence-corrected chi connectivity index (χ0v) is 16.4. The summed E-state index contributed by atoms with van der Waals surface area (Å²) in [6.07, 6.45) is -0.300. The van der Waals surface area contributed by atoms with Gasteiger partial charge in [0.15, 0.2) is 0 Å². The molecular formula is C19H22N2O3S2. The second kappa shape index (κ2) is 9.09. The molecular weight excluding hydrogens is 368 g/mol. The lowest BCUT2D eigenvalue weighted by Crippen LogP contribution is -2.50. The molecule has 5 nitrogen and oxygen atoms in total. The number of thiophene rings is 1. The molecule has 0 unspecified atom stereocenters. The summed E-state index contributed by atoms with van der Waals surface area (Å²) in [5.74, 6) is 0.890. The lowest BCUT2D eigenvalue weighted by Gasteiger charge is -2.34. The molecule has 0 radical (unpaired) electrons. The van der Waals surface area contributed by atoms with Crippen LogP contribution in [0.4, 0.5) is 4.79 Å². The third-order valence-corrected chi connectivity index (χ3v) is 6.34. The van der Waals surface area contributed by atoms with Crippen molar-refractivity contribution >= 4 is 35.1 Å². The first kappa shape index (κ1) is 18.8. The average Bonchev–Trinajstić information content (AvgIpc) is 3.20. The molecule has 0 spiro atoms. The third kappa shape index (κ3) is 4.59. The Bertz CT molecular complexity index is 741. The molecule has 2 aromatic rings. The molecule has 2 amide bonds. The van der Waals surface area contributed by atoms with E-state index in [1.807, 2.05) is 35.2 Å². The average molecular weight is 391 g/mol. The van der Waals surface area contributed by atoms with Crippen molar-refractivity contribution in [3.8, 4) is 0 Å². The van der Waals surface area contributed by atoms with E-state index in [1.165, 1.54) is 4.88 Å². The van der Waals surface area contributed by atoms with Gasteiger partial charge in [0.2, 0.25) is 0 Å². The second-order valence-electron chi connectivity index (χ2n) is 5.84. The first-order valence-electron chi connectivity index (χ1n) is 8.64. The molecule has 2 heterocycles. The lowest BCUT2D eigenvalue weighted by molar-refractivity contribution is 0.0568. The Morgan fingerprint density at radius 1 is 1.08 bits per heavy atom. The van der Waals surface area contributed by atoms with Gasteiger partial charge in [-0.25, -0.2) is 4.79 Å². The number of amides is 2. The standard InChI is InChI=1S/C19H22N2O3S2/c1-2-24-19(23)21-11-9-20(10-12-21)18(22)16-7-3-4-8-17(16)26-14-15-6-5-13-25-15/h3-8,13H,2,9-12,14H2,1H3. The quantitative estimate of drug-likeness (QED) is 0.725. The number of hydrogen-bond donors (Lipinski definition) is 0. The van der Waals surface area contributed by atoms with E-state index in [1.54, 1.807) is 34.9 Å². The minimum atomic E-state index is -0.300. The summed E-state index contributed by atoms with van der Waals surface area (Å²) in [5, 5.41) is 2.07. The van der Waals surface area contributed by atoms with Crippen molar-refractivity contribution in [2.75, 3.05) is 32.8 Å². The molecule has 3 rings (SSSR count). The minimum absolute atomic E-state index is 0.0304. The molecule has 0 N–H and O–H groups in total. The molecule has 1 aliphatic heterocycles. The number of rotatable bonds is 5. The van der Waals surface area contributed by atoms with Gasteiger partial charge in [-0.2, -0.15) is 0 Å². The van der Waals surface area contributed by atoms with Crippen molar-refractivity contribution in [1.29, 1.82) is 0 Å². The van der Waals surface area contributed by atoms with Crippen LogP contribution in [-0.2, 0) is 10.5 Å². The fraction of sp³-hybridized carbons (Fsp3) is 0.368. The zero-order chi connectivity index (χ0) is 18.4. The van der Waals surface area contributed by atoms with E-state index in [-0.39, 0.29) is 12.0 Å². The van der Waals surface area contributed by atoms with Gasteiger partial charge in [-0.15, -0.1) is 23.1 Å². The predicted octanol–water partition coefficient (Wildman–Crippen LogP) is 3.95. The van der Waals surface area contributed by atoms with Gasteiger partial charge in [0, 0.05) is 41.7 Å². The first-order chi connectivity index (χ1) is 12.7. The minimum Gasteiger partial charge on any atom is -0.450 e. The molecule has 1 saturated heterocycles. The van der Waals surface area contributed by atoms with Gasteiger partial charge < -0.3 is 14.5 Å². The molecule has 1 fully saturated rings. The molecule has 1 aromatic heterocycles. The highest BCUT2D eigenvalue weighted by molar-refractivity contribution is 7.98. The molecule has 26 heavy (non-hydrogen) atoms. The summed E-state index contributed by atoms with van der Waals surface area (Å²) in [5.41, 5.74) is 0.735. The summed E-state index contributed by atoms with van der Waals surface area (Å²) in [7, 11) is 0. The number of nitrogens with zero attached hydrogens (tertiary/aromatic N) is 2. The van der Waals surface area contributed by atoms with Crippen molar-refractivity contribution in [2.45, 2.75) is 17.6 Å². The van der Waals surface area contributed by atoms with E-state index in [0.29, 0.717) is 32.8 Å². The Kier molecular flexibility index (Phi) is 6.57. The van der Waals surface area contributed by atoms with Crippen LogP contribution in [0.15, 0.2) is 46.7 Å². The summed E-state index contributed by atoms with van der Waals surface area (Å²) in [6.45, 7) is 4.24. The Hall–Kier alpha value is -1.99. The maximum Gasteiger partial charge on any atom is 0.409 e. The first-order valence-corrected chi connectivity index (χ1v) is 10.5. The molecule has 0 saturated carbocycles. The van der Waals surface area contributed by atoms with E-state index in [2.05, 4.69) is 11.4 Å². The summed E-state index contributed by atoms with van der Waals surface area (Å²) < 4.78 is 5.03. The van der Waals surface area contributed by atoms with Crippen LogP contribution in [0.2, 0.25) is 0 Å². The molecule has 138 valence electrons. The highest BCUT2D eigenvalue weighted by Crippen LogP contribution is 2.29. The number of ether oxygens (including phenoxy) is 1. The fourth-order valence-electron chi connectivity index (χ4n) is 2.79. The van der Waals surface area contributed by atoms with Gasteiger partial charge in [0.25, 0.3) is 5.91 Å². The van der Waals surface area contributed by atoms with Crippen LogP contribution in [0.5, 0.6) is 0 Å². The predicted molar refractivity (Wildman–Crippen MR) is 105 cm³/mol. The van der Waals surface area contributed by atoms with Crippen LogP contribution in [0.3, 0.4) is 0 Å². The number of carbonyl (C=O) groups excluding carboxylic acids is 2. The van der Waals surface area contributed by atoms with Gasteiger partial charge in [0.1, 0.15) is 0 Å². The monoisotopic (exact) mass is 390 g/mol. The Balaban J connectivity index is 1.62. The van der Waals surface area contributed by atoms with Gasteiger partial charge in [0.05, 0.1) is 12.2 Å². The van der Waals surface area contributed by atoms with Crippen molar-refractivity contribution in [2.24, 2.45) is 0 Å². The number of hydrogen-bond acceptors (Lipinski definition) is 5. The summed E-state index contributed by atoms with van der Waals surface area (Å²) in [4.78, 5) is 30.5. The van der Waals surface area contributed by atoms with Crippen LogP contribution in [-0.4, -0.2) is 54.6 Å². The fourth-order valence-corrected chi connectivity index (χ4v) is 4.61. The van der Waals surface area contributed by atoms with Crippen LogP contribution in [0.1, 0.15) is 22.2 Å². The third-order valence-electron chi connectivity index (χ3n) is 4.16. The van der Waals surface area contributed by atoms with Gasteiger partial charge in [-0.05, 0) is 30.5 Å². The number of carbonyl (C=O) groups is 2. The SMILES string of the molecule is CCOC(=O)N1CCN(C(=O)c2ccccc2SCc2cccs2)CC1. The number of benzene rings is 1. The maximum absolute atomic E-state index is 13.0. The van der Waals surface area contributed by atoms with E-state index in [4.69, 9.17) is 4.74 Å². The number of thioether (sulfide) groups is 1. The second-order valence-corrected chi connectivity index (χ2v) is 7.89. The Labute approximate surface area is 161 Å². The Morgan fingerprint density at radius 3 is 2.50 bits per heavy atom. The summed E-state index contributed by atoms with van der Waals surface area (Å²) in [6, 6.07) is 11.9. The highest BCUT2D eigenvalue weighted by Gasteiger charge is 2.26. The van der Waals surface area contributed by atoms with Crippen molar-refractivity contribution in [1.82, 2.24) is 9.80 Å². The molecule has 7 heteroatoms. The topological polar surface area (TPSA) is 49.9 Å². The molecule has 1 aliphatic rings. The Morgan fingerprint density at radius 2 is 1.81 bits per heavy atom. The molecule has 0 bridgehead atoms. The molecule has 0 atom stereocenters. The number of piperazine rings is 1. The van der Waals surface area contributed by atoms with E-state index in [0.717, 1.165) is 16.2 Å². The summed E-state index contributed by atoms with van der Waals surface area (Å²) >= 11 is 3.41. The smallest absolute Gasteiger partial charge is 0.409 e. The highest BCUT2D eigenvalue weighted by atomic mass is 32.2. The van der Waals surface area contributed by atoms with Crippen molar-refractivity contribution < 1.29 is 14.3 Å². The van der Waals surface area contributed by atoms with Crippen LogP contribution >= 0.6 is 23.1 Å². The van der Waals surface area contributed by atoms with Crippen LogP contribution < -0.4 is 0 Å². The zero-order valence-electron chi connectivity index (χ0n) is 14.7. The maximum atomic E-state index is 13.0. The van der Waals surface area contributed by atoms with Gasteiger partial charge in [-0.1, -0.05) is 18.2 Å². The van der Waals surface area contributed by atoms with Gasteiger partial charge in [-0.3, -0.25) is 4.79 Å². The van der Waals surface area contributed by atoms with Crippen molar-refractivity contribution in [3.63, 3.8) is 0 Å². The van der Waals surface area contributed by atoms with Crippen LogP contribution in [0, 0.1) is 0 Å². The molecule has 1 aromatic carbocycles. The van der Waals surface area contributed by atoms with Gasteiger partial charge >= 0.3 is 6.09 Å². The normalized spacial score (nSPS) is 14.3. The van der Waals surface area contributed by atoms with Crippen molar-refractivity contribution in [3.05, 3.63) is 52.2 Å². The van der Waals surface area contributed by atoms with E-state index < -0.39 is 0 Å². The van der Waals surface area contributed by atoms with E-state index >= 15 is 0 Å².